The zero-order valence-electron chi connectivity index (χ0n) is 11.9. The van der Waals surface area contributed by atoms with Crippen molar-refractivity contribution >= 4 is 29.5 Å². The lowest BCUT2D eigenvalue weighted by atomic mass is 10.2. The van der Waals surface area contributed by atoms with Crippen LogP contribution in [0.25, 0.3) is 0 Å². The van der Waals surface area contributed by atoms with Crippen molar-refractivity contribution in [3.8, 4) is 0 Å². The highest BCUT2D eigenvalue weighted by Gasteiger charge is 2.05. The van der Waals surface area contributed by atoms with E-state index in [1.165, 1.54) is 5.56 Å². The molecule has 5 heteroatoms. The minimum absolute atomic E-state index is 0.413. The molecule has 0 saturated carbocycles. The van der Waals surface area contributed by atoms with Crippen molar-refractivity contribution in [1.29, 1.82) is 0 Å². The first-order chi connectivity index (χ1) is 10.1. The van der Waals surface area contributed by atoms with Crippen molar-refractivity contribution in [2.45, 2.75) is 13.8 Å². The molecule has 108 valence electrons. The smallest absolute Gasteiger partial charge is 0.306 e. The number of hydrogen-bond donors (Lipinski definition) is 2. The fourth-order valence-corrected chi connectivity index (χ4v) is 1.89. The monoisotopic (exact) mass is 301 g/mol. The molecule has 0 atom stereocenters. The molecule has 0 saturated heterocycles. The van der Waals surface area contributed by atoms with E-state index in [4.69, 9.17) is 11.6 Å². The predicted molar refractivity (Wildman–Crippen MR) is 87.1 cm³/mol. The molecule has 0 aliphatic carbocycles. The summed E-state index contributed by atoms with van der Waals surface area (Å²) in [5, 5.41) is 7.20. The molecule has 0 bridgehead atoms. The fourth-order valence-electron chi connectivity index (χ4n) is 1.71. The Morgan fingerprint density at radius 3 is 2.57 bits per heavy atom. The largest absolute Gasteiger partial charge is 0.339 e. The van der Waals surface area contributed by atoms with E-state index in [1.54, 1.807) is 24.4 Å². The van der Waals surface area contributed by atoms with Crippen LogP contribution in [0.4, 0.5) is 10.5 Å². The van der Waals surface area contributed by atoms with Crippen molar-refractivity contribution in [2.75, 3.05) is 5.32 Å². The van der Waals surface area contributed by atoms with Gasteiger partial charge in [-0.05, 0) is 37.1 Å². The molecule has 0 spiro atoms. The third kappa shape index (κ3) is 4.33. The van der Waals surface area contributed by atoms with Crippen LogP contribution in [0.1, 0.15) is 16.7 Å². The lowest BCUT2D eigenvalue weighted by Crippen LogP contribution is -2.24. The number of aryl methyl sites for hydroxylation is 1. The van der Waals surface area contributed by atoms with Crippen molar-refractivity contribution in [1.82, 2.24) is 5.43 Å². The number of anilines is 1. The van der Waals surface area contributed by atoms with Gasteiger partial charge in [-0.2, -0.15) is 5.10 Å². The Labute approximate surface area is 128 Å². The number of nitrogens with one attached hydrogen (secondary N) is 2. The van der Waals surface area contributed by atoms with E-state index in [2.05, 4.69) is 15.8 Å². The first-order valence-corrected chi connectivity index (χ1v) is 6.86. The van der Waals surface area contributed by atoms with Gasteiger partial charge in [0.1, 0.15) is 0 Å². The lowest BCUT2D eigenvalue weighted by Gasteiger charge is -2.08. The van der Waals surface area contributed by atoms with E-state index in [0.29, 0.717) is 10.7 Å². The van der Waals surface area contributed by atoms with Gasteiger partial charge in [0.15, 0.2) is 0 Å². The summed E-state index contributed by atoms with van der Waals surface area (Å²) in [6.07, 6.45) is 1.59. The Morgan fingerprint density at radius 1 is 1.14 bits per heavy atom. The number of benzene rings is 2. The molecule has 0 aliphatic heterocycles. The summed E-state index contributed by atoms with van der Waals surface area (Å²) in [6.45, 7) is 3.85. The standard InChI is InChI=1S/C16H16ClN3O/c1-11-6-8-13(9-7-11)10-18-20-16(21)19-15-5-3-4-14(17)12(15)2/h3-10H,1-2H3,(H2,19,20,21)/b18-10-. The number of hydrogen-bond acceptors (Lipinski definition) is 2. The summed E-state index contributed by atoms with van der Waals surface area (Å²) >= 11 is 5.99. The number of halogens is 1. The second kappa shape index (κ2) is 6.90. The molecule has 0 aliphatic rings. The summed E-state index contributed by atoms with van der Waals surface area (Å²) in [5.74, 6) is 0. The first-order valence-electron chi connectivity index (χ1n) is 6.48. The van der Waals surface area contributed by atoms with Gasteiger partial charge in [-0.15, -0.1) is 0 Å². The number of amides is 2. The Hall–Kier alpha value is -2.33. The third-order valence-corrected chi connectivity index (χ3v) is 3.38. The maximum Gasteiger partial charge on any atom is 0.339 e. The van der Waals surface area contributed by atoms with Gasteiger partial charge in [-0.3, -0.25) is 0 Å². The Balaban J connectivity index is 1.93. The van der Waals surface area contributed by atoms with Gasteiger partial charge in [0.25, 0.3) is 0 Å². The Morgan fingerprint density at radius 2 is 1.86 bits per heavy atom. The number of carbonyl (C=O) groups is 1. The van der Waals surface area contributed by atoms with Crippen LogP contribution in [0.15, 0.2) is 47.6 Å². The van der Waals surface area contributed by atoms with E-state index < -0.39 is 6.03 Å². The summed E-state index contributed by atoms with van der Waals surface area (Å²) in [6, 6.07) is 12.7. The summed E-state index contributed by atoms with van der Waals surface area (Å²) in [4.78, 5) is 11.7. The van der Waals surface area contributed by atoms with Crippen molar-refractivity contribution in [3.05, 3.63) is 64.2 Å². The molecule has 0 aromatic heterocycles. The topological polar surface area (TPSA) is 53.5 Å². The van der Waals surface area contributed by atoms with E-state index in [9.17, 15) is 4.79 Å². The second-order valence-corrected chi connectivity index (χ2v) is 5.05. The van der Waals surface area contributed by atoms with Crippen molar-refractivity contribution in [2.24, 2.45) is 5.10 Å². The lowest BCUT2D eigenvalue weighted by molar-refractivity contribution is 0.252. The maximum atomic E-state index is 11.7. The highest BCUT2D eigenvalue weighted by atomic mass is 35.5. The molecule has 2 amide bonds. The fraction of sp³-hybridized carbons (Fsp3) is 0.125. The highest BCUT2D eigenvalue weighted by Crippen LogP contribution is 2.22. The molecule has 2 aromatic carbocycles. The minimum Gasteiger partial charge on any atom is -0.306 e. The summed E-state index contributed by atoms with van der Waals surface area (Å²) < 4.78 is 0. The number of urea groups is 1. The Kier molecular flexibility index (Phi) is 4.95. The van der Waals surface area contributed by atoms with Crippen LogP contribution in [-0.4, -0.2) is 12.2 Å². The second-order valence-electron chi connectivity index (χ2n) is 4.65. The van der Waals surface area contributed by atoms with E-state index in [-0.39, 0.29) is 0 Å². The van der Waals surface area contributed by atoms with E-state index in [1.807, 2.05) is 38.1 Å². The Bertz CT molecular complexity index is 666. The molecule has 21 heavy (non-hydrogen) atoms. The first kappa shape index (κ1) is 15.1. The van der Waals surface area contributed by atoms with Crippen LogP contribution in [-0.2, 0) is 0 Å². The van der Waals surface area contributed by atoms with Crippen molar-refractivity contribution in [3.63, 3.8) is 0 Å². The van der Waals surface area contributed by atoms with Gasteiger partial charge in [0.2, 0.25) is 0 Å². The maximum absolute atomic E-state index is 11.7. The van der Waals surface area contributed by atoms with Crippen LogP contribution in [0.5, 0.6) is 0 Å². The van der Waals surface area contributed by atoms with Crippen molar-refractivity contribution < 1.29 is 4.79 Å². The number of carbonyl (C=O) groups excluding carboxylic acids is 1. The average molecular weight is 302 g/mol. The van der Waals surface area contributed by atoms with E-state index >= 15 is 0 Å². The predicted octanol–water partition coefficient (Wildman–Crippen LogP) is 4.11. The van der Waals surface area contributed by atoms with Gasteiger partial charge >= 0.3 is 6.03 Å². The zero-order valence-corrected chi connectivity index (χ0v) is 12.6. The SMILES string of the molecule is Cc1ccc(/C=N\NC(=O)Nc2cccc(Cl)c2C)cc1. The van der Waals surface area contributed by atoms with Crippen LogP contribution >= 0.6 is 11.6 Å². The van der Waals surface area contributed by atoms with E-state index in [0.717, 1.165) is 11.1 Å². The molecule has 2 rings (SSSR count). The molecule has 2 N–H and O–H groups in total. The normalized spacial score (nSPS) is 10.6. The molecule has 2 aromatic rings. The van der Waals surface area contributed by atoms with Gasteiger partial charge in [-0.1, -0.05) is 47.5 Å². The minimum atomic E-state index is -0.413. The third-order valence-electron chi connectivity index (χ3n) is 2.97. The molecule has 0 heterocycles. The molecule has 0 radical (unpaired) electrons. The van der Waals surface area contributed by atoms with Crippen LogP contribution < -0.4 is 10.7 Å². The summed E-state index contributed by atoms with van der Waals surface area (Å²) in [5.41, 5.74) is 5.98. The van der Waals surface area contributed by atoms with Gasteiger partial charge in [0, 0.05) is 10.7 Å². The molecule has 4 nitrogen and oxygen atoms in total. The molecule has 0 fully saturated rings. The van der Waals surface area contributed by atoms with Crippen LogP contribution in [0.3, 0.4) is 0 Å². The quantitative estimate of drug-likeness (QED) is 0.650. The van der Waals surface area contributed by atoms with Crippen LogP contribution in [0.2, 0.25) is 5.02 Å². The average Bonchev–Trinajstić information content (AvgIpc) is 2.46. The molecular weight excluding hydrogens is 286 g/mol. The van der Waals surface area contributed by atoms with Crippen LogP contribution in [0, 0.1) is 13.8 Å². The highest BCUT2D eigenvalue weighted by molar-refractivity contribution is 6.31. The van der Waals surface area contributed by atoms with Gasteiger partial charge < -0.3 is 5.32 Å². The molecular formula is C16H16ClN3O. The summed E-state index contributed by atoms with van der Waals surface area (Å²) in [7, 11) is 0. The number of hydrazone groups is 1. The van der Waals surface area contributed by atoms with Gasteiger partial charge in [-0.25, -0.2) is 10.2 Å². The number of rotatable bonds is 3. The molecule has 0 unspecified atom stereocenters. The van der Waals surface area contributed by atoms with Gasteiger partial charge in [0.05, 0.1) is 6.21 Å². The zero-order chi connectivity index (χ0) is 15.2. The number of nitrogens with zero attached hydrogens (tertiary/aromatic N) is 1.